The van der Waals surface area contributed by atoms with Crippen LogP contribution in [-0.4, -0.2) is 14.1 Å². The summed E-state index contributed by atoms with van der Waals surface area (Å²) in [6.07, 6.45) is 3.72. The third-order valence-corrected chi connectivity index (χ3v) is 5.46. The summed E-state index contributed by atoms with van der Waals surface area (Å²) in [6.45, 7) is 0. The van der Waals surface area contributed by atoms with Crippen molar-refractivity contribution in [1.82, 2.24) is 4.83 Å². The maximum absolute atomic E-state index is 12.1. The molecule has 1 fully saturated rings. The molecule has 5 heteroatoms. The van der Waals surface area contributed by atoms with E-state index in [9.17, 15) is 8.42 Å². The van der Waals surface area contributed by atoms with E-state index in [1.54, 1.807) is 12.1 Å². The molecule has 2 aromatic rings. The number of hydrazone groups is 1. The fourth-order valence-electron chi connectivity index (χ4n) is 3.08. The predicted molar refractivity (Wildman–Crippen MR) is 97.3 cm³/mol. The first-order valence-corrected chi connectivity index (χ1v) is 9.91. The van der Waals surface area contributed by atoms with Crippen LogP contribution in [0.25, 0.3) is 0 Å². The molecule has 0 unspecified atom stereocenters. The lowest BCUT2D eigenvalue weighted by Crippen LogP contribution is -2.23. The van der Waals surface area contributed by atoms with Gasteiger partial charge in [-0.1, -0.05) is 60.7 Å². The second-order valence-corrected chi connectivity index (χ2v) is 7.90. The molecule has 0 saturated heterocycles. The Balaban J connectivity index is 1.54. The number of hydrogen-bond donors (Lipinski definition) is 1. The molecular weight excluding hydrogens is 320 g/mol. The monoisotopic (exact) mass is 342 g/mol. The lowest BCUT2D eigenvalue weighted by molar-refractivity contribution is 0.560. The Kier molecular flexibility index (Phi) is 5.30. The van der Waals surface area contributed by atoms with Crippen molar-refractivity contribution in [3.05, 3.63) is 71.8 Å². The molecule has 0 heterocycles. The van der Waals surface area contributed by atoms with Crippen LogP contribution in [0.2, 0.25) is 0 Å². The zero-order valence-electron chi connectivity index (χ0n) is 13.6. The van der Waals surface area contributed by atoms with Gasteiger partial charge in [0.1, 0.15) is 0 Å². The number of benzene rings is 2. The molecule has 0 aliphatic heterocycles. The molecule has 1 saturated carbocycles. The summed E-state index contributed by atoms with van der Waals surface area (Å²) in [7, 11) is -3.44. The van der Waals surface area contributed by atoms with Gasteiger partial charge >= 0.3 is 0 Å². The van der Waals surface area contributed by atoms with Gasteiger partial charge in [0.05, 0.1) is 5.75 Å². The van der Waals surface area contributed by atoms with Crippen LogP contribution >= 0.6 is 0 Å². The SMILES string of the molecule is O=S(=O)(Cc1ccccc1)NN=C1CCC(c2ccccc2)CC1. The summed E-state index contributed by atoms with van der Waals surface area (Å²) in [4.78, 5) is 2.39. The van der Waals surface area contributed by atoms with Gasteiger partial charge < -0.3 is 0 Å². The van der Waals surface area contributed by atoms with E-state index in [0.29, 0.717) is 5.92 Å². The first-order valence-electron chi connectivity index (χ1n) is 8.26. The van der Waals surface area contributed by atoms with Crippen molar-refractivity contribution in [3.8, 4) is 0 Å². The average molecular weight is 342 g/mol. The van der Waals surface area contributed by atoms with Crippen LogP contribution in [0.1, 0.15) is 42.7 Å². The van der Waals surface area contributed by atoms with Crippen LogP contribution in [0.3, 0.4) is 0 Å². The van der Waals surface area contributed by atoms with Gasteiger partial charge in [-0.15, -0.1) is 0 Å². The third-order valence-electron chi connectivity index (χ3n) is 4.38. The number of sulfonamides is 1. The van der Waals surface area contributed by atoms with Crippen molar-refractivity contribution in [1.29, 1.82) is 0 Å². The zero-order chi connectivity index (χ0) is 16.8. The highest BCUT2D eigenvalue weighted by atomic mass is 32.2. The van der Waals surface area contributed by atoms with Crippen LogP contribution in [0.5, 0.6) is 0 Å². The van der Waals surface area contributed by atoms with Crippen LogP contribution < -0.4 is 4.83 Å². The topological polar surface area (TPSA) is 58.5 Å². The standard InChI is InChI=1S/C19H22N2O2S/c22-24(23,15-16-7-3-1-4-8-16)21-20-19-13-11-18(12-14-19)17-9-5-2-6-10-17/h1-10,18,21H,11-15H2. The summed E-state index contributed by atoms with van der Waals surface area (Å²) < 4.78 is 24.2. The van der Waals surface area contributed by atoms with E-state index in [2.05, 4.69) is 34.2 Å². The maximum atomic E-state index is 12.1. The minimum Gasteiger partial charge on any atom is -0.205 e. The smallest absolute Gasteiger partial charge is 0.205 e. The first-order chi connectivity index (χ1) is 11.6. The van der Waals surface area contributed by atoms with Crippen molar-refractivity contribution in [2.45, 2.75) is 37.4 Å². The predicted octanol–water partition coefficient (Wildman–Crippen LogP) is 3.82. The fraction of sp³-hybridized carbons (Fsp3) is 0.316. The van der Waals surface area contributed by atoms with Gasteiger partial charge in [0.25, 0.3) is 10.0 Å². The molecule has 126 valence electrons. The number of nitrogens with one attached hydrogen (secondary N) is 1. The largest absolute Gasteiger partial charge is 0.251 e. The molecule has 0 bridgehead atoms. The molecule has 0 spiro atoms. The highest BCUT2D eigenvalue weighted by Crippen LogP contribution is 2.31. The molecule has 1 aliphatic rings. The van der Waals surface area contributed by atoms with E-state index in [1.807, 2.05) is 24.3 Å². The van der Waals surface area contributed by atoms with Gasteiger partial charge in [-0.3, -0.25) is 0 Å². The molecule has 4 nitrogen and oxygen atoms in total. The minimum absolute atomic E-state index is 0.0444. The van der Waals surface area contributed by atoms with Gasteiger partial charge in [-0.2, -0.15) is 5.10 Å². The van der Waals surface area contributed by atoms with E-state index < -0.39 is 10.0 Å². The lowest BCUT2D eigenvalue weighted by atomic mass is 9.83. The number of rotatable bonds is 5. The average Bonchev–Trinajstić information content (AvgIpc) is 2.62. The highest BCUT2D eigenvalue weighted by Gasteiger charge is 2.19. The van der Waals surface area contributed by atoms with Gasteiger partial charge in [0.15, 0.2) is 0 Å². The molecule has 3 rings (SSSR count). The molecule has 1 N–H and O–H groups in total. The Hall–Kier alpha value is -2.14. The third kappa shape index (κ3) is 4.68. The fourth-order valence-corrected chi connectivity index (χ4v) is 4.05. The van der Waals surface area contributed by atoms with Gasteiger partial charge in [-0.05, 0) is 42.7 Å². The van der Waals surface area contributed by atoms with E-state index in [4.69, 9.17) is 0 Å². The van der Waals surface area contributed by atoms with Crippen molar-refractivity contribution in [2.24, 2.45) is 5.10 Å². The van der Waals surface area contributed by atoms with Gasteiger partial charge in [0, 0.05) is 5.71 Å². The molecule has 2 aromatic carbocycles. The molecule has 0 radical (unpaired) electrons. The van der Waals surface area contributed by atoms with Gasteiger partial charge in [0.2, 0.25) is 0 Å². The first kappa shape index (κ1) is 16.7. The Morgan fingerprint density at radius 3 is 2.12 bits per heavy atom. The maximum Gasteiger partial charge on any atom is 0.251 e. The van der Waals surface area contributed by atoms with E-state index in [-0.39, 0.29) is 5.75 Å². The summed E-state index contributed by atoms with van der Waals surface area (Å²) >= 11 is 0. The minimum atomic E-state index is -3.44. The highest BCUT2D eigenvalue weighted by molar-refractivity contribution is 7.88. The Morgan fingerprint density at radius 1 is 0.917 bits per heavy atom. The van der Waals surface area contributed by atoms with Crippen LogP contribution in [-0.2, 0) is 15.8 Å². The molecule has 0 atom stereocenters. The van der Waals surface area contributed by atoms with E-state index in [1.165, 1.54) is 5.56 Å². The summed E-state index contributed by atoms with van der Waals surface area (Å²) in [5.74, 6) is 0.503. The van der Waals surface area contributed by atoms with Crippen LogP contribution in [0, 0.1) is 0 Å². The molecule has 0 amide bonds. The Morgan fingerprint density at radius 2 is 1.50 bits per heavy atom. The van der Waals surface area contributed by atoms with Crippen molar-refractivity contribution < 1.29 is 8.42 Å². The lowest BCUT2D eigenvalue weighted by Gasteiger charge is -2.23. The zero-order valence-corrected chi connectivity index (χ0v) is 14.4. The van der Waals surface area contributed by atoms with Crippen molar-refractivity contribution in [3.63, 3.8) is 0 Å². The summed E-state index contributed by atoms with van der Waals surface area (Å²) in [5, 5.41) is 4.16. The van der Waals surface area contributed by atoms with E-state index >= 15 is 0 Å². The van der Waals surface area contributed by atoms with Gasteiger partial charge in [-0.25, -0.2) is 13.2 Å². The molecule has 1 aliphatic carbocycles. The van der Waals surface area contributed by atoms with Crippen LogP contribution in [0.4, 0.5) is 0 Å². The Bertz CT molecular complexity index is 777. The quantitative estimate of drug-likeness (QED) is 0.840. The molecule has 0 aromatic heterocycles. The van der Waals surface area contributed by atoms with E-state index in [0.717, 1.165) is 37.0 Å². The Labute approximate surface area is 143 Å². The molecule has 24 heavy (non-hydrogen) atoms. The normalized spacial score (nSPS) is 18.2. The molecular formula is C19H22N2O2S. The van der Waals surface area contributed by atoms with Crippen molar-refractivity contribution in [2.75, 3.05) is 0 Å². The summed E-state index contributed by atoms with van der Waals surface area (Å²) in [5.41, 5.74) is 3.07. The van der Waals surface area contributed by atoms with Crippen molar-refractivity contribution >= 4 is 15.7 Å². The second-order valence-electron chi connectivity index (χ2n) is 6.20. The van der Waals surface area contributed by atoms with Crippen LogP contribution in [0.15, 0.2) is 65.8 Å². The number of nitrogens with zero attached hydrogens (tertiary/aromatic N) is 1. The number of hydrogen-bond acceptors (Lipinski definition) is 3. The second kappa shape index (κ2) is 7.62. The summed E-state index contributed by atoms with van der Waals surface area (Å²) in [6, 6.07) is 19.6.